The smallest absolute Gasteiger partial charge is 0.319 e. The van der Waals surface area contributed by atoms with Crippen molar-refractivity contribution in [1.29, 1.82) is 0 Å². The van der Waals surface area contributed by atoms with E-state index in [-0.39, 0.29) is 12.6 Å². The molecule has 0 bridgehead atoms. The third-order valence-electron chi connectivity index (χ3n) is 3.40. The predicted octanol–water partition coefficient (Wildman–Crippen LogP) is 4.77. The van der Waals surface area contributed by atoms with Crippen LogP contribution in [0.1, 0.15) is 5.69 Å². The highest BCUT2D eigenvalue weighted by Gasteiger charge is 2.06. The van der Waals surface area contributed by atoms with Crippen LogP contribution in [0.3, 0.4) is 0 Å². The van der Waals surface area contributed by atoms with Crippen LogP contribution in [0.4, 0.5) is 10.5 Å². The number of rotatable bonds is 4. The van der Waals surface area contributed by atoms with Crippen LogP contribution >= 0.6 is 23.2 Å². The molecule has 3 aromatic rings. The number of anilines is 1. The number of hydrogen-bond donors (Lipinski definition) is 2. The number of carbonyl (C=O) groups is 1. The fraction of sp³-hybridized carbons (Fsp3) is 0.0556. The van der Waals surface area contributed by atoms with E-state index in [1.165, 1.54) is 6.33 Å². The first-order chi connectivity index (χ1) is 12.1. The molecule has 0 aliphatic heterocycles. The Morgan fingerprint density at radius 3 is 2.52 bits per heavy atom. The summed E-state index contributed by atoms with van der Waals surface area (Å²) >= 11 is 11.8. The average molecular weight is 373 g/mol. The number of hydrogen-bond acceptors (Lipinski definition) is 3. The van der Waals surface area contributed by atoms with Gasteiger partial charge in [0.15, 0.2) is 0 Å². The van der Waals surface area contributed by atoms with Crippen LogP contribution in [0, 0.1) is 0 Å². The lowest BCUT2D eigenvalue weighted by atomic mass is 10.1. The van der Waals surface area contributed by atoms with Gasteiger partial charge < -0.3 is 10.6 Å². The summed E-state index contributed by atoms with van der Waals surface area (Å²) in [6.45, 7) is 0.273. The summed E-state index contributed by atoms with van der Waals surface area (Å²) in [5.74, 6) is 0. The van der Waals surface area contributed by atoms with Crippen molar-refractivity contribution >= 4 is 34.9 Å². The zero-order valence-electron chi connectivity index (χ0n) is 13.0. The summed E-state index contributed by atoms with van der Waals surface area (Å²) < 4.78 is 0. The molecule has 0 saturated heterocycles. The first-order valence-corrected chi connectivity index (χ1v) is 8.23. The van der Waals surface area contributed by atoms with Crippen molar-refractivity contribution in [3.8, 4) is 11.3 Å². The molecule has 0 unspecified atom stereocenters. The van der Waals surface area contributed by atoms with Crippen LogP contribution in [-0.2, 0) is 6.54 Å². The van der Waals surface area contributed by atoms with E-state index in [0.717, 1.165) is 11.3 Å². The van der Waals surface area contributed by atoms with E-state index in [9.17, 15) is 4.79 Å². The van der Waals surface area contributed by atoms with Crippen LogP contribution < -0.4 is 10.6 Å². The number of benzene rings is 2. The van der Waals surface area contributed by atoms with Crippen LogP contribution in [0.5, 0.6) is 0 Å². The summed E-state index contributed by atoms with van der Waals surface area (Å²) in [7, 11) is 0. The van der Waals surface area contributed by atoms with Crippen molar-refractivity contribution in [2.45, 2.75) is 6.54 Å². The van der Waals surface area contributed by atoms with Gasteiger partial charge in [-0.05, 0) is 24.3 Å². The molecule has 0 spiro atoms. The summed E-state index contributed by atoms with van der Waals surface area (Å²) in [6, 6.07) is 16.1. The van der Waals surface area contributed by atoms with Gasteiger partial charge in [0.1, 0.15) is 6.33 Å². The molecule has 0 fully saturated rings. The maximum absolute atomic E-state index is 12.0. The monoisotopic (exact) mass is 372 g/mol. The highest BCUT2D eigenvalue weighted by Crippen LogP contribution is 2.24. The summed E-state index contributed by atoms with van der Waals surface area (Å²) in [5.41, 5.74) is 3.06. The zero-order valence-corrected chi connectivity index (χ0v) is 14.6. The Labute approximate surface area is 155 Å². The second-order valence-corrected chi connectivity index (χ2v) is 6.01. The second-order valence-electron chi connectivity index (χ2n) is 5.20. The summed E-state index contributed by atoms with van der Waals surface area (Å²) in [6.07, 6.45) is 1.48. The van der Waals surface area contributed by atoms with E-state index in [1.807, 2.05) is 36.4 Å². The minimum atomic E-state index is -0.363. The Morgan fingerprint density at radius 2 is 1.76 bits per heavy atom. The highest BCUT2D eigenvalue weighted by molar-refractivity contribution is 6.42. The van der Waals surface area contributed by atoms with Gasteiger partial charge in [-0.1, -0.05) is 53.5 Å². The first-order valence-electron chi connectivity index (χ1n) is 7.48. The summed E-state index contributed by atoms with van der Waals surface area (Å²) in [5, 5.41) is 6.24. The third-order valence-corrected chi connectivity index (χ3v) is 4.14. The lowest BCUT2D eigenvalue weighted by molar-refractivity contribution is 0.251. The maximum atomic E-state index is 12.0. The van der Waals surface area contributed by atoms with Crippen LogP contribution in [0.25, 0.3) is 11.3 Å². The van der Waals surface area contributed by atoms with Gasteiger partial charge in [0.2, 0.25) is 0 Å². The van der Waals surface area contributed by atoms with Gasteiger partial charge in [-0.2, -0.15) is 0 Å². The Bertz CT molecular complexity index is 887. The number of aromatic nitrogens is 2. The molecule has 0 aliphatic rings. The normalized spacial score (nSPS) is 10.3. The number of urea groups is 1. The van der Waals surface area contributed by atoms with Gasteiger partial charge in [-0.3, -0.25) is 0 Å². The molecule has 2 N–H and O–H groups in total. The largest absolute Gasteiger partial charge is 0.332 e. The molecule has 0 aliphatic carbocycles. The van der Waals surface area contributed by atoms with Crippen molar-refractivity contribution in [2.75, 3.05) is 5.32 Å². The fourth-order valence-electron chi connectivity index (χ4n) is 2.18. The predicted molar refractivity (Wildman–Crippen MR) is 99.8 cm³/mol. The SMILES string of the molecule is O=C(NCc1cc(-c2ccccc2)ncn1)Nc1ccc(Cl)c(Cl)c1. The number of amides is 2. The van der Waals surface area contributed by atoms with Gasteiger partial charge in [0.25, 0.3) is 0 Å². The minimum absolute atomic E-state index is 0.273. The molecule has 25 heavy (non-hydrogen) atoms. The van der Waals surface area contributed by atoms with Crippen molar-refractivity contribution < 1.29 is 4.79 Å². The van der Waals surface area contributed by atoms with Gasteiger partial charge in [0, 0.05) is 11.3 Å². The standard InChI is InChI=1S/C18H14Cl2N4O/c19-15-7-6-13(8-16(15)20)24-18(25)21-10-14-9-17(23-11-22-14)12-4-2-1-3-5-12/h1-9,11H,10H2,(H2,21,24,25). The zero-order chi connectivity index (χ0) is 17.6. The lowest BCUT2D eigenvalue weighted by Gasteiger charge is -2.09. The third kappa shape index (κ3) is 4.68. The Hall–Kier alpha value is -2.63. The Morgan fingerprint density at radius 1 is 0.960 bits per heavy atom. The van der Waals surface area contributed by atoms with E-state index in [0.29, 0.717) is 21.4 Å². The van der Waals surface area contributed by atoms with Crippen molar-refractivity contribution in [3.63, 3.8) is 0 Å². The maximum Gasteiger partial charge on any atom is 0.319 e. The quantitative estimate of drug-likeness (QED) is 0.692. The van der Waals surface area contributed by atoms with Gasteiger partial charge >= 0.3 is 6.03 Å². The van der Waals surface area contributed by atoms with Crippen LogP contribution in [-0.4, -0.2) is 16.0 Å². The van der Waals surface area contributed by atoms with E-state index in [4.69, 9.17) is 23.2 Å². The average Bonchev–Trinajstić information content (AvgIpc) is 2.64. The Kier molecular flexibility index (Phi) is 5.48. The minimum Gasteiger partial charge on any atom is -0.332 e. The van der Waals surface area contributed by atoms with Gasteiger partial charge in [0.05, 0.1) is 28.0 Å². The molecular formula is C18H14Cl2N4O. The number of nitrogens with one attached hydrogen (secondary N) is 2. The fourth-order valence-corrected chi connectivity index (χ4v) is 2.48. The highest BCUT2D eigenvalue weighted by atomic mass is 35.5. The molecule has 1 heterocycles. The van der Waals surface area contributed by atoms with E-state index < -0.39 is 0 Å². The molecule has 0 saturated carbocycles. The van der Waals surface area contributed by atoms with E-state index in [2.05, 4.69) is 20.6 Å². The molecule has 5 nitrogen and oxygen atoms in total. The molecule has 7 heteroatoms. The molecule has 1 aromatic heterocycles. The van der Waals surface area contributed by atoms with Crippen molar-refractivity contribution in [1.82, 2.24) is 15.3 Å². The van der Waals surface area contributed by atoms with Gasteiger partial charge in [-0.25, -0.2) is 14.8 Å². The van der Waals surface area contributed by atoms with E-state index in [1.54, 1.807) is 18.2 Å². The van der Waals surface area contributed by atoms with Crippen molar-refractivity contribution in [2.24, 2.45) is 0 Å². The topological polar surface area (TPSA) is 66.9 Å². The molecule has 0 atom stereocenters. The van der Waals surface area contributed by atoms with Crippen LogP contribution in [0.2, 0.25) is 10.0 Å². The molecule has 2 amide bonds. The van der Waals surface area contributed by atoms with Crippen LogP contribution in [0.15, 0.2) is 60.9 Å². The Balaban J connectivity index is 1.61. The molecule has 3 rings (SSSR count). The van der Waals surface area contributed by atoms with Gasteiger partial charge in [-0.15, -0.1) is 0 Å². The summed E-state index contributed by atoms with van der Waals surface area (Å²) in [4.78, 5) is 20.4. The number of halogens is 2. The second kappa shape index (κ2) is 7.96. The van der Waals surface area contributed by atoms with Crippen molar-refractivity contribution in [3.05, 3.63) is 76.7 Å². The molecular weight excluding hydrogens is 359 g/mol. The molecule has 126 valence electrons. The number of nitrogens with zero attached hydrogens (tertiary/aromatic N) is 2. The number of carbonyl (C=O) groups excluding carboxylic acids is 1. The first kappa shape index (κ1) is 17.2. The molecule has 0 radical (unpaired) electrons. The lowest BCUT2D eigenvalue weighted by Crippen LogP contribution is -2.28. The molecule has 2 aromatic carbocycles. The van der Waals surface area contributed by atoms with E-state index >= 15 is 0 Å².